The topological polar surface area (TPSA) is 63.3 Å². The number of hydrogen-bond donors (Lipinski definition) is 2. The summed E-state index contributed by atoms with van der Waals surface area (Å²) in [6.45, 7) is 0. The number of anilines is 1. The molecule has 0 saturated heterocycles. The highest BCUT2D eigenvalue weighted by molar-refractivity contribution is 6.31. The number of ketones is 1. The second-order valence-corrected chi connectivity index (χ2v) is 2.68. The van der Waals surface area contributed by atoms with Crippen LogP contribution in [-0.4, -0.2) is 16.8 Å². The Morgan fingerprint density at radius 2 is 2.23 bits per heavy atom. The van der Waals surface area contributed by atoms with Crippen LogP contribution in [0, 0.1) is 5.82 Å². The molecule has 0 heterocycles. The van der Waals surface area contributed by atoms with E-state index in [1.54, 1.807) is 0 Å². The maximum Gasteiger partial charge on any atom is 0.184 e. The molecule has 0 atom stereocenters. The van der Waals surface area contributed by atoms with Crippen molar-refractivity contribution >= 4 is 23.1 Å². The van der Waals surface area contributed by atoms with E-state index in [1.165, 1.54) is 6.07 Å². The second-order valence-electron chi connectivity index (χ2n) is 2.42. The van der Waals surface area contributed by atoms with E-state index >= 15 is 0 Å². The smallest absolute Gasteiger partial charge is 0.184 e. The highest BCUT2D eigenvalue weighted by Crippen LogP contribution is 2.27. The molecule has 3 nitrogen and oxygen atoms in total. The first-order valence-electron chi connectivity index (χ1n) is 3.44. The van der Waals surface area contributed by atoms with Crippen molar-refractivity contribution in [1.82, 2.24) is 0 Å². The summed E-state index contributed by atoms with van der Waals surface area (Å²) < 4.78 is 13.0. The minimum Gasteiger partial charge on any atom is -0.505 e. The van der Waals surface area contributed by atoms with Crippen LogP contribution in [0.5, 0.6) is 5.75 Å². The van der Waals surface area contributed by atoms with Crippen LogP contribution in [-0.2, 0) is 0 Å². The summed E-state index contributed by atoms with van der Waals surface area (Å²) in [5.41, 5.74) is 4.77. The van der Waals surface area contributed by atoms with Crippen LogP contribution in [0.4, 0.5) is 10.1 Å². The molecule has 0 spiro atoms. The van der Waals surface area contributed by atoms with E-state index in [1.807, 2.05) is 0 Å². The molecule has 0 unspecified atom stereocenters. The average molecular weight is 204 g/mol. The van der Waals surface area contributed by atoms with Gasteiger partial charge in [-0.25, -0.2) is 4.39 Å². The fourth-order valence-electron chi connectivity index (χ4n) is 0.915. The molecule has 0 saturated carbocycles. The van der Waals surface area contributed by atoms with Crippen LogP contribution in [0.1, 0.15) is 10.4 Å². The minimum atomic E-state index is -0.822. The lowest BCUT2D eigenvalue weighted by atomic mass is 10.1. The number of carbonyl (C=O) groups is 1. The van der Waals surface area contributed by atoms with Gasteiger partial charge in [0.1, 0.15) is 5.82 Å². The predicted octanol–water partition coefficient (Wildman–Crippen LogP) is 1.54. The van der Waals surface area contributed by atoms with Crippen LogP contribution in [0.25, 0.3) is 0 Å². The minimum absolute atomic E-state index is 0.0464. The molecule has 70 valence electrons. The van der Waals surface area contributed by atoms with Crippen LogP contribution in [0.15, 0.2) is 12.1 Å². The van der Waals surface area contributed by atoms with Gasteiger partial charge in [-0.2, -0.15) is 0 Å². The number of hydrogen-bond acceptors (Lipinski definition) is 3. The SMILES string of the molecule is Nc1ccc(F)c(C(=O)CCl)c1O. The van der Waals surface area contributed by atoms with Gasteiger partial charge < -0.3 is 10.8 Å². The molecular weight excluding hydrogens is 197 g/mol. The van der Waals surface area contributed by atoms with Crippen molar-refractivity contribution in [2.24, 2.45) is 0 Å². The number of phenols is 1. The maximum absolute atomic E-state index is 13.0. The molecule has 0 radical (unpaired) electrons. The Hall–Kier alpha value is -1.29. The Bertz CT molecular complexity index is 354. The Kier molecular flexibility index (Phi) is 2.72. The van der Waals surface area contributed by atoms with Gasteiger partial charge >= 0.3 is 0 Å². The summed E-state index contributed by atoms with van der Waals surface area (Å²) in [6.07, 6.45) is 0. The zero-order chi connectivity index (χ0) is 10.0. The Labute approximate surface area is 78.9 Å². The molecule has 0 aromatic heterocycles. The van der Waals surface area contributed by atoms with E-state index in [2.05, 4.69) is 0 Å². The van der Waals surface area contributed by atoms with E-state index in [0.717, 1.165) is 6.07 Å². The lowest BCUT2D eigenvalue weighted by molar-refractivity contribution is 0.101. The molecule has 0 aliphatic carbocycles. The molecule has 3 N–H and O–H groups in total. The number of benzene rings is 1. The summed E-state index contributed by atoms with van der Waals surface area (Å²) in [4.78, 5) is 11.0. The highest BCUT2D eigenvalue weighted by atomic mass is 35.5. The summed E-state index contributed by atoms with van der Waals surface area (Å²) in [7, 11) is 0. The number of rotatable bonds is 2. The van der Waals surface area contributed by atoms with Crippen molar-refractivity contribution in [2.75, 3.05) is 11.6 Å². The summed E-state index contributed by atoms with van der Waals surface area (Å²) >= 11 is 5.21. The first-order chi connectivity index (χ1) is 6.07. The average Bonchev–Trinajstić information content (AvgIpc) is 2.12. The monoisotopic (exact) mass is 203 g/mol. The third kappa shape index (κ3) is 1.72. The zero-order valence-corrected chi connectivity index (χ0v) is 7.31. The molecule has 0 amide bonds. The molecule has 0 aliphatic rings. The molecule has 13 heavy (non-hydrogen) atoms. The van der Waals surface area contributed by atoms with Gasteiger partial charge in [-0.3, -0.25) is 4.79 Å². The van der Waals surface area contributed by atoms with Gasteiger partial charge in [0.05, 0.1) is 17.1 Å². The Morgan fingerprint density at radius 1 is 1.62 bits per heavy atom. The number of carbonyl (C=O) groups excluding carboxylic acids is 1. The van der Waals surface area contributed by atoms with Gasteiger partial charge in [0.2, 0.25) is 0 Å². The summed E-state index contributed by atoms with van der Waals surface area (Å²) in [5, 5.41) is 9.24. The number of alkyl halides is 1. The Balaban J connectivity index is 3.33. The number of nitrogen functional groups attached to an aromatic ring is 1. The lowest BCUT2D eigenvalue weighted by Gasteiger charge is -2.05. The van der Waals surface area contributed by atoms with E-state index in [9.17, 15) is 14.3 Å². The quantitative estimate of drug-likeness (QED) is 0.332. The van der Waals surface area contributed by atoms with E-state index in [-0.39, 0.29) is 5.69 Å². The van der Waals surface area contributed by atoms with Gasteiger partial charge in [-0.15, -0.1) is 11.6 Å². The number of halogens is 2. The van der Waals surface area contributed by atoms with Crippen molar-refractivity contribution < 1.29 is 14.3 Å². The van der Waals surface area contributed by atoms with E-state index in [0.29, 0.717) is 0 Å². The molecule has 1 aromatic carbocycles. The van der Waals surface area contributed by atoms with Gasteiger partial charge in [-0.05, 0) is 12.1 Å². The van der Waals surface area contributed by atoms with E-state index in [4.69, 9.17) is 17.3 Å². The van der Waals surface area contributed by atoms with Crippen LogP contribution in [0.3, 0.4) is 0 Å². The molecule has 1 rings (SSSR count). The summed E-state index contributed by atoms with van der Waals surface area (Å²) in [6, 6.07) is 2.19. The highest BCUT2D eigenvalue weighted by Gasteiger charge is 2.17. The molecule has 0 aliphatic heterocycles. The van der Waals surface area contributed by atoms with Crippen LogP contribution < -0.4 is 5.73 Å². The maximum atomic E-state index is 13.0. The van der Waals surface area contributed by atoms with E-state index < -0.39 is 28.8 Å². The van der Waals surface area contributed by atoms with Crippen LogP contribution in [0.2, 0.25) is 0 Å². The number of phenolic OH excluding ortho intramolecular Hbond substituents is 1. The van der Waals surface area contributed by atoms with Crippen molar-refractivity contribution in [2.45, 2.75) is 0 Å². The van der Waals surface area contributed by atoms with Gasteiger partial charge in [-0.1, -0.05) is 0 Å². The summed E-state index contributed by atoms with van der Waals surface area (Å²) in [5.74, 6) is -2.46. The molecule has 5 heteroatoms. The lowest BCUT2D eigenvalue weighted by Crippen LogP contribution is -2.05. The molecule has 0 fully saturated rings. The number of nitrogens with two attached hydrogens (primary N) is 1. The van der Waals surface area contributed by atoms with Crippen molar-refractivity contribution in [1.29, 1.82) is 0 Å². The number of aromatic hydroxyl groups is 1. The largest absolute Gasteiger partial charge is 0.505 e. The fraction of sp³-hybridized carbons (Fsp3) is 0.125. The van der Waals surface area contributed by atoms with Crippen molar-refractivity contribution in [3.8, 4) is 5.75 Å². The van der Waals surface area contributed by atoms with Crippen LogP contribution >= 0.6 is 11.6 Å². The molecule has 0 bridgehead atoms. The predicted molar refractivity (Wildman–Crippen MR) is 47.5 cm³/mol. The van der Waals surface area contributed by atoms with Gasteiger partial charge in [0, 0.05) is 0 Å². The first kappa shape index (κ1) is 9.80. The second kappa shape index (κ2) is 3.62. The van der Waals surface area contributed by atoms with Gasteiger partial charge in [0.25, 0.3) is 0 Å². The Morgan fingerprint density at radius 3 is 2.77 bits per heavy atom. The molecular formula is C8H7ClFNO2. The zero-order valence-electron chi connectivity index (χ0n) is 6.55. The number of Topliss-reactive ketones (excluding diaryl/α,β-unsaturated/α-hetero) is 1. The van der Waals surface area contributed by atoms with Crippen molar-refractivity contribution in [3.05, 3.63) is 23.5 Å². The normalized spacial score (nSPS) is 10.0. The third-order valence-corrected chi connectivity index (χ3v) is 1.80. The molecule has 1 aromatic rings. The van der Waals surface area contributed by atoms with Gasteiger partial charge in [0.15, 0.2) is 11.5 Å². The van der Waals surface area contributed by atoms with Crippen molar-refractivity contribution in [3.63, 3.8) is 0 Å². The standard InChI is InChI=1S/C8H7ClFNO2/c9-3-6(12)7-4(10)1-2-5(11)8(7)13/h1-2,13H,3,11H2. The first-order valence-corrected chi connectivity index (χ1v) is 3.97. The third-order valence-electron chi connectivity index (χ3n) is 1.56. The fourth-order valence-corrected chi connectivity index (χ4v) is 1.05.